The normalized spacial score (nSPS) is 11.3. The molecular weight excluding hydrogens is 452 g/mol. The van der Waals surface area contributed by atoms with Crippen molar-refractivity contribution in [3.05, 3.63) is 12.1 Å². The number of hydrogen-bond acceptors (Lipinski definition) is 10. The first-order chi connectivity index (χ1) is 16.8. The van der Waals surface area contributed by atoms with E-state index >= 15 is 0 Å². The number of anilines is 6. The van der Waals surface area contributed by atoms with Gasteiger partial charge in [0.2, 0.25) is 0 Å². The van der Waals surface area contributed by atoms with Gasteiger partial charge >= 0.3 is 0 Å². The summed E-state index contributed by atoms with van der Waals surface area (Å²) in [5.41, 5.74) is 5.29. The fraction of sp³-hybridized carbons (Fsp3) is 0.462. The fourth-order valence-electron chi connectivity index (χ4n) is 4.42. The highest BCUT2D eigenvalue weighted by molar-refractivity contribution is 6.23. The van der Waals surface area contributed by atoms with Crippen LogP contribution >= 0.6 is 0 Å². The quantitative estimate of drug-likeness (QED) is 0.377. The first kappa shape index (κ1) is 25.3. The van der Waals surface area contributed by atoms with Crippen LogP contribution in [0.3, 0.4) is 0 Å². The third-order valence-electron chi connectivity index (χ3n) is 6.22. The molecule has 0 bridgehead atoms. The summed E-state index contributed by atoms with van der Waals surface area (Å²) >= 11 is 0. The third-order valence-corrected chi connectivity index (χ3v) is 6.22. The molecule has 4 rings (SSSR count). The zero-order chi connectivity index (χ0) is 26.6. The maximum Gasteiger partial charge on any atom is 0.172 e. The number of pyridine rings is 2. The van der Waals surface area contributed by atoms with Crippen LogP contribution in [-0.2, 0) is 0 Å². The second-order valence-electron chi connectivity index (χ2n) is 10.4. The SMILES string of the molecule is CN(C)c1cc2c(nc1N(C)C)c1nc(N(C)C)c(N(C)C)cc1c1nc(N(C)C)c(N(C)C)nc21. The summed E-state index contributed by atoms with van der Waals surface area (Å²) in [7, 11) is 24.2. The number of aromatic nitrogens is 4. The smallest absolute Gasteiger partial charge is 0.172 e. The minimum absolute atomic E-state index is 0.807. The van der Waals surface area contributed by atoms with Gasteiger partial charge in [-0.25, -0.2) is 19.9 Å². The highest BCUT2D eigenvalue weighted by Crippen LogP contribution is 2.41. The molecule has 0 fully saturated rings. The Morgan fingerprint density at radius 1 is 0.361 bits per heavy atom. The van der Waals surface area contributed by atoms with Crippen molar-refractivity contribution in [2.75, 3.05) is 114 Å². The number of nitrogens with zero attached hydrogens (tertiary/aromatic N) is 10. The van der Waals surface area contributed by atoms with Gasteiger partial charge in [-0.3, -0.25) is 0 Å². The van der Waals surface area contributed by atoms with E-state index in [1.165, 1.54) is 0 Å². The van der Waals surface area contributed by atoms with E-state index in [2.05, 4.69) is 21.9 Å². The van der Waals surface area contributed by atoms with Gasteiger partial charge in [0, 0.05) is 95.3 Å². The Balaban J connectivity index is 2.35. The summed E-state index contributed by atoms with van der Waals surface area (Å²) in [5, 5.41) is 1.87. The lowest BCUT2D eigenvalue weighted by molar-refractivity contribution is 1.01. The Bertz CT molecular complexity index is 1140. The maximum absolute atomic E-state index is 5.18. The zero-order valence-electron chi connectivity index (χ0n) is 23.6. The average molecular weight is 491 g/mol. The molecule has 0 aliphatic rings. The lowest BCUT2D eigenvalue weighted by atomic mass is 10.0. The molecule has 0 spiro atoms. The molecule has 10 heteroatoms. The van der Waals surface area contributed by atoms with Crippen LogP contribution in [0.15, 0.2) is 12.1 Å². The number of benzene rings is 1. The molecule has 10 nitrogen and oxygen atoms in total. The molecule has 0 aliphatic heterocycles. The van der Waals surface area contributed by atoms with Crippen molar-refractivity contribution in [1.29, 1.82) is 0 Å². The van der Waals surface area contributed by atoms with Crippen LogP contribution in [0.1, 0.15) is 0 Å². The summed E-state index contributed by atoms with van der Waals surface area (Å²) in [4.78, 5) is 33.0. The number of fused-ring (bicyclic) bond motifs is 6. The van der Waals surface area contributed by atoms with Gasteiger partial charge in [0.1, 0.15) is 22.1 Å². The van der Waals surface area contributed by atoms with E-state index in [0.717, 1.165) is 67.5 Å². The van der Waals surface area contributed by atoms with Gasteiger partial charge in [-0.2, -0.15) is 0 Å². The van der Waals surface area contributed by atoms with E-state index in [1.807, 2.05) is 104 Å². The fourth-order valence-corrected chi connectivity index (χ4v) is 4.42. The van der Waals surface area contributed by atoms with Crippen molar-refractivity contribution >= 4 is 67.5 Å². The van der Waals surface area contributed by atoms with E-state index in [4.69, 9.17) is 19.9 Å². The Kier molecular flexibility index (Phi) is 6.32. The molecule has 4 aromatic rings. The Morgan fingerprint density at radius 2 is 0.611 bits per heavy atom. The van der Waals surface area contributed by atoms with Gasteiger partial charge in [-0.05, 0) is 12.1 Å². The maximum atomic E-state index is 5.18. The highest BCUT2D eigenvalue weighted by atomic mass is 15.2. The molecule has 192 valence electrons. The minimum atomic E-state index is 0.807. The van der Waals surface area contributed by atoms with Gasteiger partial charge < -0.3 is 29.4 Å². The molecule has 0 saturated carbocycles. The van der Waals surface area contributed by atoms with Crippen LogP contribution in [0.5, 0.6) is 0 Å². The second kappa shape index (κ2) is 9.00. The summed E-state index contributed by atoms with van der Waals surface area (Å²) < 4.78 is 0. The predicted molar refractivity (Wildman–Crippen MR) is 156 cm³/mol. The van der Waals surface area contributed by atoms with Gasteiger partial charge in [-0.1, -0.05) is 0 Å². The molecule has 0 radical (unpaired) electrons. The van der Waals surface area contributed by atoms with Crippen molar-refractivity contribution < 1.29 is 0 Å². The Morgan fingerprint density at radius 3 is 0.833 bits per heavy atom. The molecular formula is C26H38N10. The van der Waals surface area contributed by atoms with Crippen LogP contribution < -0.4 is 29.4 Å². The zero-order valence-corrected chi connectivity index (χ0v) is 23.6. The first-order valence-electron chi connectivity index (χ1n) is 11.9. The van der Waals surface area contributed by atoms with E-state index in [1.54, 1.807) is 0 Å². The molecule has 0 aliphatic carbocycles. The summed E-state index contributed by atoms with van der Waals surface area (Å²) in [6.07, 6.45) is 0. The summed E-state index contributed by atoms with van der Waals surface area (Å²) in [5.74, 6) is 3.37. The average Bonchev–Trinajstić information content (AvgIpc) is 2.81. The summed E-state index contributed by atoms with van der Waals surface area (Å²) in [6.45, 7) is 0. The van der Waals surface area contributed by atoms with Crippen molar-refractivity contribution in [1.82, 2.24) is 19.9 Å². The first-order valence-corrected chi connectivity index (χ1v) is 11.9. The van der Waals surface area contributed by atoms with Crippen molar-refractivity contribution in [3.63, 3.8) is 0 Å². The molecule has 0 amide bonds. The van der Waals surface area contributed by atoms with Gasteiger partial charge in [-0.15, -0.1) is 0 Å². The van der Waals surface area contributed by atoms with Gasteiger partial charge in [0.05, 0.1) is 11.4 Å². The predicted octanol–water partition coefficient (Wildman–Crippen LogP) is 3.12. The molecule has 0 N–H and O–H groups in total. The molecule has 0 atom stereocenters. The largest absolute Gasteiger partial charge is 0.375 e. The van der Waals surface area contributed by atoms with Gasteiger partial charge in [0.25, 0.3) is 0 Å². The monoisotopic (exact) mass is 490 g/mol. The lowest BCUT2D eigenvalue weighted by Gasteiger charge is -2.26. The minimum Gasteiger partial charge on any atom is -0.375 e. The molecule has 0 unspecified atom stereocenters. The molecule has 3 heterocycles. The number of rotatable bonds is 6. The lowest BCUT2D eigenvalue weighted by Crippen LogP contribution is -2.21. The third kappa shape index (κ3) is 4.00. The van der Waals surface area contributed by atoms with Crippen molar-refractivity contribution in [2.24, 2.45) is 0 Å². The topological polar surface area (TPSA) is 71.0 Å². The molecule has 3 aromatic heterocycles. The Hall–Kier alpha value is -3.82. The standard InChI is InChI=1S/C26H38N10/c1-31(2)17-13-15-19(27-23(17)33(5)6)20-16(14-18(32(3)4)24(28-20)34(7)8)22-21(15)29-25(35(9)10)26(30-22)36(11)12/h13-14H,1-12H3. The van der Waals surface area contributed by atoms with Crippen LogP contribution in [-0.4, -0.2) is 105 Å². The van der Waals surface area contributed by atoms with E-state index in [0.29, 0.717) is 0 Å². The van der Waals surface area contributed by atoms with Gasteiger partial charge in [0.15, 0.2) is 23.3 Å². The number of hydrogen-bond donors (Lipinski definition) is 0. The van der Waals surface area contributed by atoms with Crippen LogP contribution in [0.25, 0.3) is 32.8 Å². The van der Waals surface area contributed by atoms with E-state index in [-0.39, 0.29) is 0 Å². The second-order valence-corrected chi connectivity index (χ2v) is 10.4. The molecule has 1 aromatic carbocycles. The van der Waals surface area contributed by atoms with Crippen LogP contribution in [0.2, 0.25) is 0 Å². The van der Waals surface area contributed by atoms with Crippen LogP contribution in [0.4, 0.5) is 34.6 Å². The van der Waals surface area contributed by atoms with E-state index < -0.39 is 0 Å². The summed E-state index contributed by atoms with van der Waals surface area (Å²) in [6, 6.07) is 4.33. The molecule has 36 heavy (non-hydrogen) atoms. The Labute approximate surface area is 213 Å². The van der Waals surface area contributed by atoms with Crippen molar-refractivity contribution in [2.45, 2.75) is 0 Å². The highest BCUT2D eigenvalue weighted by Gasteiger charge is 2.23. The molecule has 0 saturated heterocycles. The van der Waals surface area contributed by atoms with E-state index in [9.17, 15) is 0 Å². The van der Waals surface area contributed by atoms with Crippen molar-refractivity contribution in [3.8, 4) is 0 Å². The van der Waals surface area contributed by atoms with Crippen LogP contribution in [0, 0.1) is 0 Å².